The van der Waals surface area contributed by atoms with Crippen LogP contribution in [0.3, 0.4) is 0 Å². The van der Waals surface area contributed by atoms with Gasteiger partial charge in [-0.05, 0) is 45.7 Å². The zero-order chi connectivity index (χ0) is 19.1. The average Bonchev–Trinajstić information content (AvgIpc) is 2.66. The standard InChI is InChI=1S/C18H27N3O5/c1-4-26-17-11-14(15(21(23)24)12-16(17)25-3)18(22)20-9-6-13(7-10-20)5-8-19-2/h11-13,19H,4-10H2,1-3H3. The molecule has 1 saturated heterocycles. The van der Waals surface area contributed by atoms with Crippen LogP contribution in [0, 0.1) is 16.0 Å². The number of nitro benzene ring substituents is 1. The molecule has 0 saturated carbocycles. The summed E-state index contributed by atoms with van der Waals surface area (Å²) in [4.78, 5) is 25.5. The summed E-state index contributed by atoms with van der Waals surface area (Å²) >= 11 is 0. The van der Waals surface area contributed by atoms with E-state index in [1.807, 2.05) is 7.05 Å². The molecule has 0 unspecified atom stereocenters. The minimum absolute atomic E-state index is 0.0490. The monoisotopic (exact) mass is 365 g/mol. The van der Waals surface area contributed by atoms with Crippen LogP contribution in [0.4, 0.5) is 5.69 Å². The normalized spacial score (nSPS) is 15.0. The molecule has 1 aliphatic rings. The molecule has 1 aromatic carbocycles. The number of hydrogen-bond acceptors (Lipinski definition) is 6. The fourth-order valence-corrected chi connectivity index (χ4v) is 3.24. The Labute approximate surface area is 153 Å². The topological polar surface area (TPSA) is 93.9 Å². The van der Waals surface area contributed by atoms with Crippen molar-refractivity contribution in [3.8, 4) is 11.5 Å². The highest BCUT2D eigenvalue weighted by molar-refractivity contribution is 5.99. The van der Waals surface area contributed by atoms with Gasteiger partial charge in [0.25, 0.3) is 11.6 Å². The van der Waals surface area contributed by atoms with E-state index in [1.165, 1.54) is 19.2 Å². The molecule has 0 aromatic heterocycles. The highest BCUT2D eigenvalue weighted by Crippen LogP contribution is 2.36. The van der Waals surface area contributed by atoms with Crippen molar-refractivity contribution in [2.24, 2.45) is 5.92 Å². The lowest BCUT2D eigenvalue weighted by molar-refractivity contribution is -0.385. The molecular formula is C18H27N3O5. The number of carbonyl (C=O) groups is 1. The number of methoxy groups -OCH3 is 1. The first-order chi connectivity index (χ1) is 12.5. The van der Waals surface area contributed by atoms with Gasteiger partial charge in [0.15, 0.2) is 11.5 Å². The maximum absolute atomic E-state index is 12.9. The minimum Gasteiger partial charge on any atom is -0.493 e. The van der Waals surface area contributed by atoms with Crippen LogP contribution in [0.15, 0.2) is 12.1 Å². The number of nitro groups is 1. The number of likely N-dealkylation sites (tertiary alicyclic amines) is 1. The Morgan fingerprint density at radius 3 is 2.58 bits per heavy atom. The van der Waals surface area contributed by atoms with E-state index in [9.17, 15) is 14.9 Å². The van der Waals surface area contributed by atoms with Crippen LogP contribution in [0.25, 0.3) is 0 Å². The maximum Gasteiger partial charge on any atom is 0.286 e. The van der Waals surface area contributed by atoms with Crippen molar-refractivity contribution in [1.29, 1.82) is 0 Å². The lowest BCUT2D eigenvalue weighted by atomic mass is 9.93. The van der Waals surface area contributed by atoms with Gasteiger partial charge in [0, 0.05) is 19.2 Å². The van der Waals surface area contributed by atoms with Gasteiger partial charge in [-0.2, -0.15) is 0 Å². The summed E-state index contributed by atoms with van der Waals surface area (Å²) in [6.07, 6.45) is 2.90. The molecule has 26 heavy (non-hydrogen) atoms. The van der Waals surface area contributed by atoms with E-state index < -0.39 is 4.92 Å². The SMILES string of the molecule is CCOc1cc(C(=O)N2CCC(CCNC)CC2)c([N+](=O)[O-])cc1OC. The van der Waals surface area contributed by atoms with Crippen LogP contribution in [0.2, 0.25) is 0 Å². The molecule has 1 heterocycles. The Morgan fingerprint density at radius 1 is 1.35 bits per heavy atom. The molecule has 1 amide bonds. The van der Waals surface area contributed by atoms with Crippen LogP contribution >= 0.6 is 0 Å². The third-order valence-corrected chi connectivity index (χ3v) is 4.71. The second kappa shape index (κ2) is 9.38. The Morgan fingerprint density at radius 2 is 2.04 bits per heavy atom. The Balaban J connectivity index is 2.22. The molecule has 8 heteroatoms. The molecule has 1 aromatic rings. The van der Waals surface area contributed by atoms with Gasteiger partial charge in [0.2, 0.25) is 0 Å². The summed E-state index contributed by atoms with van der Waals surface area (Å²) in [6, 6.07) is 2.69. The molecule has 1 N–H and O–H groups in total. The molecule has 0 atom stereocenters. The van der Waals surface area contributed by atoms with Gasteiger partial charge in [0.1, 0.15) is 5.56 Å². The molecule has 0 bridgehead atoms. The number of amides is 1. The number of carbonyl (C=O) groups excluding carboxylic acids is 1. The van der Waals surface area contributed by atoms with E-state index in [0.717, 1.165) is 25.8 Å². The number of nitrogens with one attached hydrogen (secondary N) is 1. The molecule has 8 nitrogen and oxygen atoms in total. The van der Waals surface area contributed by atoms with E-state index in [2.05, 4.69) is 5.32 Å². The van der Waals surface area contributed by atoms with Crippen molar-refractivity contribution in [2.75, 3.05) is 40.4 Å². The molecular weight excluding hydrogens is 338 g/mol. The summed E-state index contributed by atoms with van der Waals surface area (Å²) in [7, 11) is 3.34. The maximum atomic E-state index is 12.9. The van der Waals surface area contributed by atoms with Crippen molar-refractivity contribution >= 4 is 11.6 Å². The lowest BCUT2D eigenvalue weighted by Gasteiger charge is -2.32. The van der Waals surface area contributed by atoms with Crippen molar-refractivity contribution in [3.05, 3.63) is 27.8 Å². The molecule has 2 rings (SSSR count). The molecule has 0 spiro atoms. The van der Waals surface area contributed by atoms with E-state index in [1.54, 1.807) is 11.8 Å². The number of benzene rings is 1. The summed E-state index contributed by atoms with van der Waals surface area (Å²) in [6.45, 7) is 4.36. The lowest BCUT2D eigenvalue weighted by Crippen LogP contribution is -2.39. The van der Waals surface area contributed by atoms with E-state index in [4.69, 9.17) is 9.47 Å². The van der Waals surface area contributed by atoms with Crippen LogP contribution in [-0.4, -0.2) is 56.1 Å². The Bertz CT molecular complexity index is 642. The highest BCUT2D eigenvalue weighted by atomic mass is 16.6. The van der Waals surface area contributed by atoms with Crippen molar-refractivity contribution in [2.45, 2.75) is 26.2 Å². The average molecular weight is 365 g/mol. The fraction of sp³-hybridized carbons (Fsp3) is 0.611. The summed E-state index contributed by atoms with van der Waals surface area (Å²) in [5.41, 5.74) is -0.208. The van der Waals surface area contributed by atoms with Gasteiger partial charge in [-0.15, -0.1) is 0 Å². The van der Waals surface area contributed by atoms with E-state index in [0.29, 0.717) is 31.4 Å². The van der Waals surface area contributed by atoms with Gasteiger partial charge >= 0.3 is 0 Å². The van der Waals surface area contributed by atoms with Gasteiger partial charge in [-0.3, -0.25) is 14.9 Å². The second-order valence-electron chi connectivity index (χ2n) is 6.34. The zero-order valence-electron chi connectivity index (χ0n) is 15.6. The highest BCUT2D eigenvalue weighted by Gasteiger charge is 2.30. The number of hydrogen-bond donors (Lipinski definition) is 1. The van der Waals surface area contributed by atoms with Gasteiger partial charge < -0.3 is 19.7 Å². The van der Waals surface area contributed by atoms with E-state index in [-0.39, 0.29) is 22.9 Å². The van der Waals surface area contributed by atoms with Gasteiger partial charge in [-0.25, -0.2) is 0 Å². The third-order valence-electron chi connectivity index (χ3n) is 4.71. The minimum atomic E-state index is -0.550. The fourth-order valence-electron chi connectivity index (χ4n) is 3.24. The van der Waals surface area contributed by atoms with Crippen molar-refractivity contribution < 1.29 is 19.2 Å². The molecule has 0 radical (unpaired) electrons. The van der Waals surface area contributed by atoms with Crippen LogP contribution < -0.4 is 14.8 Å². The predicted molar refractivity (Wildman–Crippen MR) is 98.0 cm³/mol. The number of piperidine rings is 1. The second-order valence-corrected chi connectivity index (χ2v) is 6.34. The Hall–Kier alpha value is -2.35. The predicted octanol–water partition coefficient (Wildman–Crippen LogP) is 2.46. The number of rotatable bonds is 8. The first-order valence-electron chi connectivity index (χ1n) is 8.94. The Kier molecular flexibility index (Phi) is 7.20. The zero-order valence-corrected chi connectivity index (χ0v) is 15.6. The first-order valence-corrected chi connectivity index (χ1v) is 8.94. The smallest absolute Gasteiger partial charge is 0.286 e. The largest absolute Gasteiger partial charge is 0.493 e. The summed E-state index contributed by atoms with van der Waals surface area (Å²) in [5.74, 6) is 0.845. The van der Waals surface area contributed by atoms with Crippen LogP contribution in [0.5, 0.6) is 11.5 Å². The quantitative estimate of drug-likeness (QED) is 0.562. The van der Waals surface area contributed by atoms with Crippen molar-refractivity contribution in [3.63, 3.8) is 0 Å². The van der Waals surface area contributed by atoms with E-state index >= 15 is 0 Å². The molecule has 0 aliphatic carbocycles. The van der Waals surface area contributed by atoms with Gasteiger partial charge in [0.05, 0.1) is 24.7 Å². The molecule has 144 valence electrons. The van der Waals surface area contributed by atoms with Crippen molar-refractivity contribution in [1.82, 2.24) is 10.2 Å². The molecule has 1 aliphatic heterocycles. The number of nitrogens with zero attached hydrogens (tertiary/aromatic N) is 2. The third kappa shape index (κ3) is 4.63. The van der Waals surface area contributed by atoms with Crippen LogP contribution in [-0.2, 0) is 0 Å². The molecule has 1 fully saturated rings. The number of ether oxygens (including phenoxy) is 2. The summed E-state index contributed by atoms with van der Waals surface area (Å²) < 4.78 is 10.6. The first kappa shape index (κ1) is 20.0. The van der Waals surface area contributed by atoms with Crippen LogP contribution in [0.1, 0.15) is 36.5 Å². The summed E-state index contributed by atoms with van der Waals surface area (Å²) in [5, 5.41) is 14.6. The van der Waals surface area contributed by atoms with Gasteiger partial charge in [-0.1, -0.05) is 0 Å².